The van der Waals surface area contributed by atoms with Crippen molar-refractivity contribution in [1.29, 1.82) is 0 Å². The zero-order valence-electron chi connectivity index (χ0n) is 10.8. The van der Waals surface area contributed by atoms with Gasteiger partial charge in [0.05, 0.1) is 12.5 Å². The predicted octanol–water partition coefficient (Wildman–Crippen LogP) is 3.34. The molecule has 94 valence electrons. The maximum absolute atomic E-state index is 10.6. The van der Waals surface area contributed by atoms with Gasteiger partial charge in [-0.3, -0.25) is 0 Å². The molecule has 1 nitrogen and oxygen atoms in total. The quantitative estimate of drug-likeness (QED) is 0.835. The van der Waals surface area contributed by atoms with E-state index in [4.69, 9.17) is 0 Å². The van der Waals surface area contributed by atoms with Crippen LogP contribution < -0.4 is 0 Å². The smallest absolute Gasteiger partial charge is 0.172 e. The molecule has 0 aromatic heterocycles. The average Bonchev–Trinajstić information content (AvgIpc) is 2.40. The van der Waals surface area contributed by atoms with E-state index in [0.717, 1.165) is 5.56 Å². The summed E-state index contributed by atoms with van der Waals surface area (Å²) in [5.41, 5.74) is 2.20. The highest BCUT2D eigenvalue weighted by Gasteiger charge is 2.32. The van der Waals surface area contributed by atoms with Crippen LogP contribution in [0.3, 0.4) is 0 Å². The molecule has 2 aromatic carbocycles. The Kier molecular flexibility index (Phi) is 4.45. The number of hydrogen-bond donors (Lipinski definition) is 1. The molecule has 0 bridgehead atoms. The van der Waals surface area contributed by atoms with E-state index in [1.807, 2.05) is 48.5 Å². The Morgan fingerprint density at radius 3 is 1.67 bits per heavy atom. The number of aliphatic hydroxyl groups excluding tert-OH is 1. The van der Waals surface area contributed by atoms with Crippen LogP contribution in [0.4, 0.5) is 0 Å². The van der Waals surface area contributed by atoms with E-state index in [-0.39, 0.29) is 16.1 Å². The first kappa shape index (κ1) is 13.2. The second-order valence-electron chi connectivity index (χ2n) is 4.57. The van der Waals surface area contributed by atoms with Crippen molar-refractivity contribution in [2.24, 2.45) is 0 Å². The van der Waals surface area contributed by atoms with E-state index in [9.17, 15) is 5.11 Å². The van der Waals surface area contributed by atoms with Gasteiger partial charge < -0.3 is 5.11 Å². The van der Waals surface area contributed by atoms with E-state index in [1.165, 1.54) is 5.56 Å². The van der Waals surface area contributed by atoms with E-state index >= 15 is 0 Å². The molecule has 0 saturated carbocycles. The van der Waals surface area contributed by atoms with Crippen molar-refractivity contribution in [3.63, 3.8) is 0 Å². The number of hydrogen-bond acceptors (Lipinski definition) is 1. The molecule has 0 radical (unpaired) electrons. The molecule has 2 aromatic rings. The predicted molar refractivity (Wildman–Crippen MR) is 79.8 cm³/mol. The van der Waals surface area contributed by atoms with E-state index in [0.29, 0.717) is 0 Å². The molecule has 1 N–H and O–H groups in total. The summed E-state index contributed by atoms with van der Waals surface area (Å²) in [4.78, 5) is 0. The fraction of sp³-hybridized carbons (Fsp3) is 0.250. The standard InChI is InChI=1S/C16H19OS/c1-18(2)16(14-11-7-4-8-12-14)15(17)13-9-5-3-6-10-13/h3-12,15-17H,1-2H3/q+1/t15-,16+/m1/s1. The highest BCUT2D eigenvalue weighted by Crippen LogP contribution is 2.34. The maximum atomic E-state index is 10.6. The molecular weight excluding hydrogens is 240 g/mol. The van der Waals surface area contributed by atoms with Gasteiger partial charge in [0.2, 0.25) is 0 Å². The molecule has 0 amide bonds. The van der Waals surface area contributed by atoms with E-state index in [1.54, 1.807) is 0 Å². The Labute approximate surface area is 112 Å². The van der Waals surface area contributed by atoms with Crippen molar-refractivity contribution in [2.45, 2.75) is 11.4 Å². The van der Waals surface area contributed by atoms with Gasteiger partial charge in [-0.15, -0.1) is 0 Å². The molecule has 0 unspecified atom stereocenters. The molecule has 0 fully saturated rings. The average molecular weight is 259 g/mol. The lowest BCUT2D eigenvalue weighted by Gasteiger charge is -2.20. The summed E-state index contributed by atoms with van der Waals surface area (Å²) in [5.74, 6) is 0. The molecule has 0 saturated heterocycles. The fourth-order valence-corrected chi connectivity index (χ4v) is 3.55. The first-order valence-electron chi connectivity index (χ1n) is 6.04. The third-order valence-corrected chi connectivity index (χ3v) is 4.61. The Hall–Kier alpha value is -1.25. The van der Waals surface area contributed by atoms with Crippen molar-refractivity contribution in [1.82, 2.24) is 0 Å². The van der Waals surface area contributed by atoms with Crippen molar-refractivity contribution < 1.29 is 5.11 Å². The zero-order valence-corrected chi connectivity index (χ0v) is 11.6. The van der Waals surface area contributed by atoms with Gasteiger partial charge in [0, 0.05) is 5.56 Å². The van der Waals surface area contributed by atoms with Crippen LogP contribution in [0.1, 0.15) is 22.5 Å². The van der Waals surface area contributed by atoms with Crippen molar-refractivity contribution in [3.8, 4) is 0 Å². The minimum absolute atomic E-state index is 0.115. The van der Waals surface area contributed by atoms with Crippen molar-refractivity contribution >= 4 is 10.9 Å². The molecule has 0 spiro atoms. The van der Waals surface area contributed by atoms with Crippen LogP contribution in [-0.2, 0) is 10.9 Å². The van der Waals surface area contributed by atoms with E-state index in [2.05, 4.69) is 24.6 Å². The Morgan fingerprint density at radius 1 is 0.778 bits per heavy atom. The second kappa shape index (κ2) is 6.07. The third-order valence-electron chi connectivity index (χ3n) is 3.06. The summed E-state index contributed by atoms with van der Waals surface area (Å²) in [6.45, 7) is 0. The van der Waals surface area contributed by atoms with Crippen LogP contribution in [0.2, 0.25) is 0 Å². The van der Waals surface area contributed by atoms with Gasteiger partial charge in [0.1, 0.15) is 6.10 Å². The number of rotatable bonds is 4. The molecule has 2 heteroatoms. The van der Waals surface area contributed by atoms with Crippen LogP contribution in [0.25, 0.3) is 0 Å². The van der Waals surface area contributed by atoms with Crippen LogP contribution >= 0.6 is 0 Å². The Morgan fingerprint density at radius 2 is 1.22 bits per heavy atom. The lowest BCUT2D eigenvalue weighted by molar-refractivity contribution is 0.174. The van der Waals surface area contributed by atoms with Gasteiger partial charge in [0.15, 0.2) is 5.25 Å². The SMILES string of the molecule is C[S+](C)[C@@H](c1ccccc1)[C@H](O)c1ccccc1. The summed E-state index contributed by atoms with van der Waals surface area (Å²) >= 11 is 0. The molecule has 0 heterocycles. The minimum atomic E-state index is -0.438. The van der Waals surface area contributed by atoms with E-state index < -0.39 is 6.10 Å². The molecule has 2 rings (SSSR count). The summed E-state index contributed by atoms with van der Waals surface area (Å²) < 4.78 is 0. The highest BCUT2D eigenvalue weighted by molar-refractivity contribution is 7.95. The van der Waals surface area contributed by atoms with Gasteiger partial charge in [-0.25, -0.2) is 0 Å². The molecule has 2 atom stereocenters. The fourth-order valence-electron chi connectivity index (χ4n) is 2.18. The zero-order chi connectivity index (χ0) is 13.0. The molecule has 0 aliphatic carbocycles. The van der Waals surface area contributed by atoms with Crippen LogP contribution in [0, 0.1) is 0 Å². The van der Waals surface area contributed by atoms with Gasteiger partial charge in [-0.05, 0) is 16.5 Å². The monoisotopic (exact) mass is 259 g/mol. The minimum Gasteiger partial charge on any atom is -0.383 e. The molecular formula is C16H19OS+. The van der Waals surface area contributed by atoms with Gasteiger partial charge in [0.25, 0.3) is 0 Å². The Balaban J connectivity index is 2.32. The number of benzene rings is 2. The summed E-state index contributed by atoms with van der Waals surface area (Å²) in [6.07, 6.45) is 3.93. The number of aliphatic hydroxyl groups is 1. The Bertz CT molecular complexity index is 467. The first-order chi connectivity index (χ1) is 8.70. The third kappa shape index (κ3) is 2.95. The van der Waals surface area contributed by atoms with Gasteiger partial charge >= 0.3 is 0 Å². The summed E-state index contributed by atoms with van der Waals surface area (Å²) in [7, 11) is 0.115. The summed E-state index contributed by atoms with van der Waals surface area (Å²) in [6, 6.07) is 20.2. The largest absolute Gasteiger partial charge is 0.383 e. The highest BCUT2D eigenvalue weighted by atomic mass is 32.2. The lowest BCUT2D eigenvalue weighted by atomic mass is 10.0. The van der Waals surface area contributed by atoms with Crippen LogP contribution in [0.5, 0.6) is 0 Å². The normalized spacial score (nSPS) is 14.4. The topological polar surface area (TPSA) is 20.2 Å². The molecule has 18 heavy (non-hydrogen) atoms. The van der Waals surface area contributed by atoms with Crippen LogP contribution in [0.15, 0.2) is 60.7 Å². The maximum Gasteiger partial charge on any atom is 0.172 e. The van der Waals surface area contributed by atoms with Gasteiger partial charge in [-0.2, -0.15) is 0 Å². The van der Waals surface area contributed by atoms with Crippen LogP contribution in [-0.4, -0.2) is 17.6 Å². The lowest BCUT2D eigenvalue weighted by Crippen LogP contribution is -2.19. The summed E-state index contributed by atoms with van der Waals surface area (Å²) in [5, 5.41) is 10.8. The first-order valence-corrected chi connectivity index (χ1v) is 8.15. The van der Waals surface area contributed by atoms with Gasteiger partial charge in [-0.1, -0.05) is 60.7 Å². The second-order valence-corrected chi connectivity index (χ2v) is 6.83. The van der Waals surface area contributed by atoms with Crippen molar-refractivity contribution in [2.75, 3.05) is 12.5 Å². The molecule has 0 aliphatic rings. The van der Waals surface area contributed by atoms with Crippen molar-refractivity contribution in [3.05, 3.63) is 71.8 Å². The molecule has 0 aliphatic heterocycles.